The molecule has 0 atom stereocenters. The lowest BCUT2D eigenvalue weighted by molar-refractivity contribution is 0.0782. The van der Waals surface area contributed by atoms with Crippen LogP contribution in [0.3, 0.4) is 0 Å². The Hall–Kier alpha value is -3.37. The molecule has 3 rings (SSSR count). The van der Waals surface area contributed by atoms with Gasteiger partial charge in [-0.3, -0.25) is 9.59 Å². The smallest absolute Gasteiger partial charge is 0.267 e. The molecule has 2 heterocycles. The number of hydrogen-bond acceptors (Lipinski definition) is 7. The second kappa shape index (κ2) is 8.17. The third-order valence-corrected chi connectivity index (χ3v) is 5.09. The zero-order valence-electron chi connectivity index (χ0n) is 16.5. The number of anilines is 3. The Labute approximate surface area is 176 Å². The first-order valence-corrected chi connectivity index (χ1v) is 9.69. The van der Waals surface area contributed by atoms with Gasteiger partial charge in [0.05, 0.1) is 17.4 Å². The first-order chi connectivity index (χ1) is 14.0. The minimum atomic E-state index is -1.07. The Kier molecular flexibility index (Phi) is 5.81. The molecule has 0 fully saturated rings. The van der Waals surface area contributed by atoms with Crippen molar-refractivity contribution in [3.63, 3.8) is 0 Å². The molecule has 0 aliphatic heterocycles. The number of benzene rings is 1. The van der Waals surface area contributed by atoms with Gasteiger partial charge in [0.1, 0.15) is 16.5 Å². The molecule has 0 saturated heterocycles. The van der Waals surface area contributed by atoms with E-state index in [-0.39, 0.29) is 22.2 Å². The number of nitrogens with zero attached hydrogens (tertiary/aromatic N) is 2. The number of carbonyl (C=O) groups is 2. The van der Waals surface area contributed by atoms with Gasteiger partial charge >= 0.3 is 0 Å². The monoisotopic (exact) mass is 429 g/mol. The average Bonchev–Trinajstić information content (AvgIpc) is 3.10. The lowest BCUT2D eigenvalue weighted by Gasteiger charge is -2.17. The molecule has 0 aliphatic rings. The summed E-state index contributed by atoms with van der Waals surface area (Å²) < 4.78 is 14.4. The first-order valence-electron chi connectivity index (χ1n) is 8.87. The fourth-order valence-electron chi connectivity index (χ4n) is 2.57. The minimum Gasteiger partial charge on any atom is -0.386 e. The summed E-state index contributed by atoms with van der Waals surface area (Å²) in [5, 5.41) is 15.4. The van der Waals surface area contributed by atoms with Crippen LogP contribution in [-0.4, -0.2) is 26.9 Å². The summed E-state index contributed by atoms with van der Waals surface area (Å²) in [7, 11) is 0. The van der Waals surface area contributed by atoms with E-state index in [4.69, 9.17) is 5.73 Å². The van der Waals surface area contributed by atoms with E-state index in [1.54, 1.807) is 26.8 Å². The van der Waals surface area contributed by atoms with Gasteiger partial charge in [0, 0.05) is 17.4 Å². The van der Waals surface area contributed by atoms with E-state index in [1.807, 2.05) is 0 Å². The highest BCUT2D eigenvalue weighted by Gasteiger charge is 2.19. The quantitative estimate of drug-likeness (QED) is 0.492. The molecule has 0 radical (unpaired) electrons. The number of nitrogens with one attached hydrogen (secondary N) is 2. The second-order valence-electron chi connectivity index (χ2n) is 7.11. The highest BCUT2D eigenvalue weighted by molar-refractivity contribution is 7.17. The predicted molar refractivity (Wildman–Crippen MR) is 113 cm³/mol. The summed E-state index contributed by atoms with van der Waals surface area (Å²) in [5.41, 5.74) is 5.50. The highest BCUT2D eigenvalue weighted by atomic mass is 32.1. The van der Waals surface area contributed by atoms with Gasteiger partial charge in [-0.2, -0.15) is 0 Å². The predicted octanol–water partition coefficient (Wildman–Crippen LogP) is 3.30. The Morgan fingerprint density at radius 3 is 2.43 bits per heavy atom. The molecule has 8 nitrogen and oxygen atoms in total. The van der Waals surface area contributed by atoms with E-state index in [0.717, 1.165) is 17.4 Å². The molecule has 2 aromatic heterocycles. The normalized spacial score (nSPS) is 11.2. The van der Waals surface area contributed by atoms with Crippen LogP contribution in [0.2, 0.25) is 0 Å². The number of aryl methyl sites for hydroxylation is 1. The van der Waals surface area contributed by atoms with Gasteiger partial charge in [-0.1, -0.05) is 17.4 Å². The molecule has 30 heavy (non-hydrogen) atoms. The van der Waals surface area contributed by atoms with Crippen molar-refractivity contribution < 1.29 is 19.1 Å². The van der Waals surface area contributed by atoms with Crippen molar-refractivity contribution in [2.45, 2.75) is 26.4 Å². The molecule has 156 valence electrons. The summed E-state index contributed by atoms with van der Waals surface area (Å²) >= 11 is 1.01. The van der Waals surface area contributed by atoms with Gasteiger partial charge in [-0.05, 0) is 44.5 Å². The van der Waals surface area contributed by atoms with Crippen LogP contribution >= 0.6 is 11.3 Å². The maximum atomic E-state index is 14.4. The van der Waals surface area contributed by atoms with Gasteiger partial charge < -0.3 is 21.5 Å². The molecule has 2 amide bonds. The van der Waals surface area contributed by atoms with Crippen molar-refractivity contribution in [1.29, 1.82) is 0 Å². The van der Waals surface area contributed by atoms with E-state index in [9.17, 15) is 19.1 Å². The maximum absolute atomic E-state index is 14.4. The van der Waals surface area contributed by atoms with Gasteiger partial charge in [0.15, 0.2) is 5.13 Å². The van der Waals surface area contributed by atoms with Crippen molar-refractivity contribution in [1.82, 2.24) is 9.97 Å². The van der Waals surface area contributed by atoms with E-state index >= 15 is 0 Å². The number of aromatic nitrogens is 2. The van der Waals surface area contributed by atoms with Crippen LogP contribution in [0, 0.1) is 12.7 Å². The fraction of sp³-hybridized carbons (Fsp3) is 0.200. The zero-order chi connectivity index (χ0) is 22.1. The third-order valence-electron chi connectivity index (χ3n) is 4.27. The number of carbonyl (C=O) groups excluding carboxylic acids is 2. The zero-order valence-corrected chi connectivity index (χ0v) is 17.3. The van der Waals surface area contributed by atoms with Gasteiger partial charge in [-0.15, -0.1) is 0 Å². The standard InChI is InChI=1S/C20H20FN5O3S/c1-10-6-13(21)12(7-14(10)25-18(28)15-9-24-19(22)30-15)17(27)26-16-5-4-11(8-23-16)20(2,3)29/h4-9,29H,1-3H3,(H2,22,24)(H,25,28)(H,23,26,27). The second-order valence-corrected chi connectivity index (χ2v) is 8.17. The fourth-order valence-corrected chi connectivity index (χ4v) is 3.15. The molecule has 0 unspecified atom stereocenters. The number of nitrogens with two attached hydrogens (primary N) is 1. The summed E-state index contributed by atoms with van der Waals surface area (Å²) in [6, 6.07) is 5.54. The third kappa shape index (κ3) is 4.78. The average molecular weight is 429 g/mol. The van der Waals surface area contributed by atoms with Crippen LogP contribution < -0.4 is 16.4 Å². The van der Waals surface area contributed by atoms with Crippen molar-refractivity contribution in [2.24, 2.45) is 0 Å². The van der Waals surface area contributed by atoms with Crippen molar-refractivity contribution in [2.75, 3.05) is 16.4 Å². The number of halogens is 1. The molecule has 0 spiro atoms. The molecule has 0 saturated carbocycles. The molecule has 1 aromatic carbocycles. The van der Waals surface area contributed by atoms with Crippen LogP contribution in [0.4, 0.5) is 21.0 Å². The largest absolute Gasteiger partial charge is 0.386 e. The van der Waals surface area contributed by atoms with Crippen LogP contribution in [0.5, 0.6) is 0 Å². The van der Waals surface area contributed by atoms with Crippen molar-refractivity contribution in [3.8, 4) is 0 Å². The van der Waals surface area contributed by atoms with Crippen LogP contribution in [0.15, 0.2) is 36.7 Å². The Balaban J connectivity index is 1.80. The molecule has 0 bridgehead atoms. The van der Waals surface area contributed by atoms with Gasteiger partial charge in [0.25, 0.3) is 11.8 Å². The minimum absolute atomic E-state index is 0.193. The molecular weight excluding hydrogens is 409 g/mol. The number of amides is 2. The summed E-state index contributed by atoms with van der Waals surface area (Å²) in [6.07, 6.45) is 2.76. The van der Waals surface area contributed by atoms with Crippen LogP contribution in [-0.2, 0) is 5.60 Å². The Morgan fingerprint density at radius 2 is 1.87 bits per heavy atom. The number of pyridine rings is 1. The SMILES string of the molecule is Cc1cc(F)c(C(=O)Nc2ccc(C(C)(C)O)cn2)cc1NC(=O)c1cnc(N)s1. The van der Waals surface area contributed by atoms with Crippen molar-refractivity contribution >= 4 is 39.8 Å². The molecule has 5 N–H and O–H groups in total. The Bertz CT molecular complexity index is 1110. The summed E-state index contributed by atoms with van der Waals surface area (Å²) in [6.45, 7) is 4.83. The number of rotatable bonds is 5. The number of aliphatic hydroxyl groups is 1. The van der Waals surface area contributed by atoms with Gasteiger partial charge in [-0.25, -0.2) is 14.4 Å². The first kappa shape index (κ1) is 21.3. The molecule has 0 aliphatic carbocycles. The Morgan fingerprint density at radius 1 is 1.13 bits per heavy atom. The number of thiazole rings is 1. The summed E-state index contributed by atoms with van der Waals surface area (Å²) in [5.74, 6) is -1.74. The van der Waals surface area contributed by atoms with E-state index in [1.165, 1.54) is 24.5 Å². The lowest BCUT2D eigenvalue weighted by Crippen LogP contribution is -2.18. The van der Waals surface area contributed by atoms with E-state index in [2.05, 4.69) is 20.6 Å². The maximum Gasteiger partial charge on any atom is 0.267 e. The molecule has 10 heteroatoms. The van der Waals surface area contributed by atoms with Crippen LogP contribution in [0.1, 0.15) is 45.0 Å². The lowest BCUT2D eigenvalue weighted by atomic mass is 10.0. The van der Waals surface area contributed by atoms with E-state index in [0.29, 0.717) is 16.0 Å². The summed E-state index contributed by atoms with van der Waals surface area (Å²) in [4.78, 5) is 33.1. The van der Waals surface area contributed by atoms with Crippen molar-refractivity contribution in [3.05, 3.63) is 64.0 Å². The van der Waals surface area contributed by atoms with Gasteiger partial charge in [0.2, 0.25) is 0 Å². The van der Waals surface area contributed by atoms with Crippen LogP contribution in [0.25, 0.3) is 0 Å². The molecular formula is C20H20FN5O3S. The number of hydrogen-bond donors (Lipinski definition) is 4. The topological polar surface area (TPSA) is 130 Å². The molecule has 3 aromatic rings. The number of nitrogen functional groups attached to an aromatic ring is 1. The van der Waals surface area contributed by atoms with E-state index < -0.39 is 23.2 Å². The highest BCUT2D eigenvalue weighted by Crippen LogP contribution is 2.24.